The zero-order valence-electron chi connectivity index (χ0n) is 20.3. The lowest BCUT2D eigenvalue weighted by molar-refractivity contribution is 0.0644. The van der Waals surface area contributed by atoms with Gasteiger partial charge in [-0.1, -0.05) is 30.2 Å². The molecular weight excluding hydrogens is 428 g/mol. The van der Waals surface area contributed by atoms with E-state index in [1.54, 1.807) is 14.0 Å². The van der Waals surface area contributed by atoms with Gasteiger partial charge in [0.15, 0.2) is 0 Å². The van der Waals surface area contributed by atoms with Gasteiger partial charge in [0.2, 0.25) is 11.8 Å². The predicted molar refractivity (Wildman–Crippen MR) is 133 cm³/mol. The third-order valence-electron chi connectivity index (χ3n) is 6.22. The van der Waals surface area contributed by atoms with E-state index in [9.17, 15) is 4.79 Å². The Labute approximate surface area is 200 Å². The number of hydrogen-bond donors (Lipinski definition) is 2. The molecular formula is C25H32N8O. The maximum atomic E-state index is 13.6. The van der Waals surface area contributed by atoms with Crippen molar-refractivity contribution in [1.29, 1.82) is 0 Å². The molecule has 1 aliphatic heterocycles. The van der Waals surface area contributed by atoms with E-state index in [0.717, 1.165) is 48.1 Å². The minimum Gasteiger partial charge on any atom is -0.339 e. The van der Waals surface area contributed by atoms with Crippen LogP contribution in [0.4, 0.5) is 5.95 Å². The number of piperidine rings is 1. The number of nitrogens with one attached hydrogen (secondary N) is 2. The summed E-state index contributed by atoms with van der Waals surface area (Å²) in [7, 11) is 3.70. The number of carbonyl (C=O) groups is 1. The first-order chi connectivity index (χ1) is 16.5. The Kier molecular flexibility index (Phi) is 7.40. The van der Waals surface area contributed by atoms with Crippen molar-refractivity contribution in [3.05, 3.63) is 47.5 Å². The highest BCUT2D eigenvalue weighted by molar-refractivity contribution is 5.91. The molecule has 1 amide bonds. The van der Waals surface area contributed by atoms with Gasteiger partial charge in [-0.05, 0) is 45.2 Å². The fourth-order valence-electron chi connectivity index (χ4n) is 4.44. The Morgan fingerprint density at radius 1 is 1.26 bits per heavy atom. The molecule has 0 bridgehead atoms. The van der Waals surface area contributed by atoms with Gasteiger partial charge >= 0.3 is 5.91 Å². The van der Waals surface area contributed by atoms with E-state index in [0.29, 0.717) is 25.1 Å². The number of rotatable bonds is 7. The monoisotopic (exact) mass is 460 g/mol. The Balaban J connectivity index is 1.66. The summed E-state index contributed by atoms with van der Waals surface area (Å²) in [6, 6.07) is 10.5. The highest BCUT2D eigenvalue weighted by Gasteiger charge is 2.28. The third-order valence-corrected chi connectivity index (χ3v) is 6.22. The molecule has 0 saturated carbocycles. The number of amides is 1. The van der Waals surface area contributed by atoms with E-state index < -0.39 is 0 Å². The van der Waals surface area contributed by atoms with E-state index in [2.05, 4.69) is 43.7 Å². The number of nitrogens with zero attached hydrogens (tertiary/aromatic N) is 6. The number of hydrazine groups is 1. The first kappa shape index (κ1) is 23.7. The molecule has 3 heterocycles. The van der Waals surface area contributed by atoms with Crippen molar-refractivity contribution >= 4 is 22.6 Å². The first-order valence-electron chi connectivity index (χ1n) is 11.6. The van der Waals surface area contributed by atoms with Gasteiger partial charge in [0, 0.05) is 37.3 Å². The molecule has 0 spiro atoms. The standard InChI is InChI=1S/C25H32N8O/c1-5-6-14-32-23(29-30-25(32)31-13-9-11-20(16-31)26-3)24(34)33(27-4)17-22-21-12-8-7-10-19(21)15-18(2)28-22/h7-8,10,12,15,20,26-27H,9,11,13-14,16-17H2,1-4H3. The van der Waals surface area contributed by atoms with Crippen molar-refractivity contribution in [3.63, 3.8) is 0 Å². The second-order valence-electron chi connectivity index (χ2n) is 8.46. The molecule has 9 nitrogen and oxygen atoms in total. The van der Waals surface area contributed by atoms with Crippen LogP contribution in [-0.4, -0.2) is 63.9 Å². The van der Waals surface area contributed by atoms with E-state index >= 15 is 0 Å². The van der Waals surface area contributed by atoms with Crippen molar-refractivity contribution in [1.82, 2.24) is 35.5 Å². The number of benzene rings is 1. The van der Waals surface area contributed by atoms with Gasteiger partial charge in [-0.15, -0.1) is 16.1 Å². The van der Waals surface area contributed by atoms with Crippen molar-refractivity contribution in [2.75, 3.05) is 32.1 Å². The van der Waals surface area contributed by atoms with Crippen LogP contribution < -0.4 is 15.6 Å². The molecule has 0 aliphatic carbocycles. The van der Waals surface area contributed by atoms with Gasteiger partial charge in [-0.2, -0.15) is 0 Å². The molecule has 1 saturated heterocycles. The lowest BCUT2D eigenvalue weighted by Gasteiger charge is -2.33. The molecule has 1 aliphatic rings. The Bertz CT molecular complexity index is 1220. The number of hydrogen-bond acceptors (Lipinski definition) is 7. The van der Waals surface area contributed by atoms with E-state index in [4.69, 9.17) is 4.98 Å². The predicted octanol–water partition coefficient (Wildman–Crippen LogP) is 2.12. The van der Waals surface area contributed by atoms with Crippen molar-refractivity contribution in [2.24, 2.45) is 0 Å². The number of likely N-dealkylation sites (N-methyl/N-ethyl adjacent to an activating group) is 1. The van der Waals surface area contributed by atoms with Crippen LogP contribution in [0.1, 0.15) is 41.8 Å². The third kappa shape index (κ3) is 4.88. The van der Waals surface area contributed by atoms with Crippen LogP contribution >= 0.6 is 0 Å². The number of aromatic nitrogens is 4. The quantitative estimate of drug-likeness (QED) is 0.412. The van der Waals surface area contributed by atoms with Crippen LogP contribution in [0.15, 0.2) is 30.3 Å². The molecule has 1 aromatic carbocycles. The van der Waals surface area contributed by atoms with Crippen LogP contribution in [0.25, 0.3) is 10.8 Å². The molecule has 2 N–H and O–H groups in total. The van der Waals surface area contributed by atoms with Crippen LogP contribution in [0.2, 0.25) is 0 Å². The van der Waals surface area contributed by atoms with Crippen LogP contribution in [-0.2, 0) is 13.1 Å². The highest BCUT2D eigenvalue weighted by atomic mass is 16.2. The molecule has 0 radical (unpaired) electrons. The van der Waals surface area contributed by atoms with Crippen molar-refractivity contribution in [3.8, 4) is 11.8 Å². The fraction of sp³-hybridized carbons (Fsp3) is 0.440. The van der Waals surface area contributed by atoms with Crippen LogP contribution in [0.3, 0.4) is 0 Å². The SMILES string of the molecule is CC#CCn1c(C(=O)N(Cc2nc(C)cc3ccccc23)NC)nnc1N1CCCC(NC)C1. The lowest BCUT2D eigenvalue weighted by atomic mass is 10.1. The normalized spacial score (nSPS) is 15.8. The first-order valence-corrected chi connectivity index (χ1v) is 11.6. The second-order valence-corrected chi connectivity index (χ2v) is 8.46. The molecule has 1 atom stereocenters. The zero-order valence-corrected chi connectivity index (χ0v) is 20.3. The largest absolute Gasteiger partial charge is 0.339 e. The summed E-state index contributed by atoms with van der Waals surface area (Å²) in [5.74, 6) is 6.67. The molecule has 178 valence electrons. The van der Waals surface area contributed by atoms with Gasteiger partial charge < -0.3 is 10.2 Å². The molecule has 9 heteroatoms. The molecule has 34 heavy (non-hydrogen) atoms. The van der Waals surface area contributed by atoms with Crippen LogP contribution in [0, 0.1) is 18.8 Å². The number of aryl methyl sites for hydroxylation is 1. The Morgan fingerprint density at radius 3 is 2.85 bits per heavy atom. The average molecular weight is 461 g/mol. The maximum absolute atomic E-state index is 13.6. The summed E-state index contributed by atoms with van der Waals surface area (Å²) in [5, 5.41) is 15.7. The summed E-state index contributed by atoms with van der Waals surface area (Å²) in [4.78, 5) is 20.5. The van der Waals surface area contributed by atoms with Crippen molar-refractivity contribution < 1.29 is 4.79 Å². The fourth-order valence-corrected chi connectivity index (χ4v) is 4.44. The van der Waals surface area contributed by atoms with Gasteiger partial charge in [-0.25, -0.2) is 5.43 Å². The molecule has 4 rings (SSSR count). The number of anilines is 1. The average Bonchev–Trinajstić information content (AvgIpc) is 3.29. The van der Waals surface area contributed by atoms with Gasteiger partial charge in [0.05, 0.1) is 18.8 Å². The number of fused-ring (bicyclic) bond motifs is 1. The second kappa shape index (κ2) is 10.6. The molecule has 3 aromatic rings. The smallest absolute Gasteiger partial charge is 0.306 e. The molecule has 1 fully saturated rings. The Hall–Kier alpha value is -3.48. The Morgan fingerprint density at radius 2 is 2.09 bits per heavy atom. The number of pyridine rings is 1. The number of carbonyl (C=O) groups excluding carboxylic acids is 1. The molecule has 2 aromatic heterocycles. The van der Waals surface area contributed by atoms with E-state index in [1.165, 1.54) is 5.01 Å². The summed E-state index contributed by atoms with van der Waals surface area (Å²) >= 11 is 0. The topological polar surface area (TPSA) is 91.2 Å². The molecule has 1 unspecified atom stereocenters. The van der Waals surface area contributed by atoms with E-state index in [-0.39, 0.29) is 11.7 Å². The van der Waals surface area contributed by atoms with Crippen molar-refractivity contribution in [2.45, 2.75) is 45.8 Å². The summed E-state index contributed by atoms with van der Waals surface area (Å²) in [6.45, 7) is 6.09. The van der Waals surface area contributed by atoms with Crippen LogP contribution in [0.5, 0.6) is 0 Å². The minimum atomic E-state index is -0.270. The minimum absolute atomic E-state index is 0.260. The zero-order chi connectivity index (χ0) is 24.1. The van der Waals surface area contributed by atoms with Gasteiger partial charge in [-0.3, -0.25) is 19.4 Å². The summed E-state index contributed by atoms with van der Waals surface area (Å²) in [5.41, 5.74) is 4.76. The summed E-state index contributed by atoms with van der Waals surface area (Å²) in [6.07, 6.45) is 2.17. The van der Waals surface area contributed by atoms with Gasteiger partial charge in [0.1, 0.15) is 0 Å². The lowest BCUT2D eigenvalue weighted by Crippen LogP contribution is -2.45. The highest BCUT2D eigenvalue weighted by Crippen LogP contribution is 2.22. The summed E-state index contributed by atoms with van der Waals surface area (Å²) < 4.78 is 1.82. The van der Waals surface area contributed by atoms with E-state index in [1.807, 2.05) is 42.8 Å². The van der Waals surface area contributed by atoms with Gasteiger partial charge in [0.25, 0.3) is 0 Å². The maximum Gasteiger partial charge on any atom is 0.306 e.